The molecule has 3 nitrogen and oxygen atoms in total. The molecule has 20 heavy (non-hydrogen) atoms. The van der Waals surface area contributed by atoms with E-state index in [2.05, 4.69) is 0 Å². The monoisotopic (exact) mass is 294 g/mol. The van der Waals surface area contributed by atoms with Gasteiger partial charge in [0, 0.05) is 16.1 Å². The van der Waals surface area contributed by atoms with Crippen LogP contribution < -0.4 is 9.47 Å². The Morgan fingerprint density at radius 3 is 2.65 bits per heavy atom. The van der Waals surface area contributed by atoms with Gasteiger partial charge in [-0.15, -0.1) is 0 Å². The molecule has 0 atom stereocenters. The molecule has 0 heterocycles. The van der Waals surface area contributed by atoms with E-state index in [4.69, 9.17) is 21.1 Å². The van der Waals surface area contributed by atoms with Gasteiger partial charge in [0.25, 0.3) is 0 Å². The molecule has 0 amide bonds. The first-order valence-corrected chi connectivity index (χ1v) is 6.22. The van der Waals surface area contributed by atoms with Crippen molar-refractivity contribution in [2.75, 3.05) is 7.11 Å². The third kappa shape index (κ3) is 3.27. The summed E-state index contributed by atoms with van der Waals surface area (Å²) in [7, 11) is 1.47. The van der Waals surface area contributed by atoms with Gasteiger partial charge in [-0.2, -0.15) is 0 Å². The molecule has 0 aromatic heterocycles. The number of carbonyl (C=O) groups is 1. The highest BCUT2D eigenvalue weighted by atomic mass is 35.5. The molecular formula is C15H12ClFO3. The van der Waals surface area contributed by atoms with E-state index in [9.17, 15) is 9.18 Å². The quantitative estimate of drug-likeness (QED) is 0.785. The second-order valence-electron chi connectivity index (χ2n) is 4.05. The zero-order valence-corrected chi connectivity index (χ0v) is 11.5. The van der Waals surface area contributed by atoms with Gasteiger partial charge in [0.1, 0.15) is 18.7 Å². The van der Waals surface area contributed by atoms with Crippen molar-refractivity contribution in [2.24, 2.45) is 0 Å². The Kier molecular flexibility index (Phi) is 4.58. The Hall–Kier alpha value is -2.07. The van der Waals surface area contributed by atoms with Crippen LogP contribution in [0, 0.1) is 5.82 Å². The van der Waals surface area contributed by atoms with Gasteiger partial charge in [-0.25, -0.2) is 4.39 Å². The zero-order valence-electron chi connectivity index (χ0n) is 10.7. The van der Waals surface area contributed by atoms with Crippen LogP contribution in [0.3, 0.4) is 0 Å². The van der Waals surface area contributed by atoms with Crippen molar-refractivity contribution in [3.05, 3.63) is 58.4 Å². The summed E-state index contributed by atoms with van der Waals surface area (Å²) in [4.78, 5) is 10.7. The van der Waals surface area contributed by atoms with E-state index in [0.717, 1.165) is 0 Å². The smallest absolute Gasteiger partial charge is 0.161 e. The number of methoxy groups -OCH3 is 1. The minimum Gasteiger partial charge on any atom is -0.493 e. The molecule has 0 saturated heterocycles. The molecule has 2 aromatic rings. The molecule has 2 aromatic carbocycles. The van der Waals surface area contributed by atoms with Gasteiger partial charge in [-0.3, -0.25) is 4.79 Å². The molecule has 0 aliphatic heterocycles. The maximum absolute atomic E-state index is 13.6. The largest absolute Gasteiger partial charge is 0.493 e. The first-order chi connectivity index (χ1) is 9.63. The summed E-state index contributed by atoms with van der Waals surface area (Å²) in [6, 6.07) is 9.15. The number of hydrogen-bond donors (Lipinski definition) is 0. The van der Waals surface area contributed by atoms with Gasteiger partial charge in [0.05, 0.1) is 7.11 Å². The summed E-state index contributed by atoms with van der Waals surface area (Å²) in [5.74, 6) is 0.428. The van der Waals surface area contributed by atoms with E-state index in [1.54, 1.807) is 30.3 Å². The normalized spacial score (nSPS) is 10.2. The maximum Gasteiger partial charge on any atom is 0.161 e. The van der Waals surface area contributed by atoms with Crippen LogP contribution in [0.25, 0.3) is 0 Å². The lowest BCUT2D eigenvalue weighted by Crippen LogP contribution is -2.00. The van der Waals surface area contributed by atoms with Crippen molar-refractivity contribution in [3.63, 3.8) is 0 Å². The van der Waals surface area contributed by atoms with Crippen LogP contribution in [-0.2, 0) is 6.61 Å². The molecule has 0 radical (unpaired) electrons. The third-order valence-electron chi connectivity index (χ3n) is 2.72. The molecule has 0 N–H and O–H groups in total. The molecule has 0 unspecified atom stereocenters. The highest BCUT2D eigenvalue weighted by Crippen LogP contribution is 2.28. The predicted octanol–water partition coefficient (Wildman–Crippen LogP) is 3.88. The van der Waals surface area contributed by atoms with Gasteiger partial charge in [-0.1, -0.05) is 17.7 Å². The van der Waals surface area contributed by atoms with Crippen LogP contribution in [0.1, 0.15) is 15.9 Å². The van der Waals surface area contributed by atoms with Gasteiger partial charge >= 0.3 is 0 Å². The van der Waals surface area contributed by atoms with Crippen molar-refractivity contribution in [1.82, 2.24) is 0 Å². The molecule has 0 aliphatic rings. The number of carbonyl (C=O) groups excluding carboxylic acids is 1. The first-order valence-electron chi connectivity index (χ1n) is 5.84. The van der Waals surface area contributed by atoms with E-state index >= 15 is 0 Å². The van der Waals surface area contributed by atoms with Crippen molar-refractivity contribution < 1.29 is 18.7 Å². The molecule has 0 spiro atoms. The van der Waals surface area contributed by atoms with Crippen molar-refractivity contribution >= 4 is 17.9 Å². The van der Waals surface area contributed by atoms with Crippen molar-refractivity contribution in [1.29, 1.82) is 0 Å². The molecule has 104 valence electrons. The number of hydrogen-bond acceptors (Lipinski definition) is 3. The SMILES string of the molecule is COc1cc(C=O)ccc1OCc1ccc(Cl)cc1F. The minimum absolute atomic E-state index is 0.0415. The highest BCUT2D eigenvalue weighted by Gasteiger charge is 2.08. The van der Waals surface area contributed by atoms with Crippen LogP contribution in [0.2, 0.25) is 5.02 Å². The predicted molar refractivity (Wildman–Crippen MR) is 74.1 cm³/mol. The summed E-state index contributed by atoms with van der Waals surface area (Å²) < 4.78 is 24.2. The summed E-state index contributed by atoms with van der Waals surface area (Å²) >= 11 is 5.68. The number of aldehydes is 1. The number of rotatable bonds is 5. The van der Waals surface area contributed by atoms with Gasteiger partial charge in [0.2, 0.25) is 0 Å². The van der Waals surface area contributed by atoms with E-state index in [1.165, 1.54) is 13.2 Å². The van der Waals surface area contributed by atoms with E-state index < -0.39 is 5.82 Å². The standard InChI is InChI=1S/C15H12ClFO3/c1-19-15-6-10(8-18)2-5-14(15)20-9-11-3-4-12(16)7-13(11)17/h2-8H,9H2,1H3. The van der Waals surface area contributed by atoms with E-state index in [-0.39, 0.29) is 6.61 Å². The maximum atomic E-state index is 13.6. The molecule has 0 bridgehead atoms. The van der Waals surface area contributed by atoms with Crippen LogP contribution >= 0.6 is 11.6 Å². The summed E-state index contributed by atoms with van der Waals surface area (Å²) in [6.45, 7) is 0.0415. The average molecular weight is 295 g/mol. The number of benzene rings is 2. The van der Waals surface area contributed by atoms with Gasteiger partial charge < -0.3 is 9.47 Å². The Bertz CT molecular complexity index is 629. The van der Waals surface area contributed by atoms with E-state index in [0.29, 0.717) is 33.9 Å². The second kappa shape index (κ2) is 6.39. The van der Waals surface area contributed by atoms with Crippen LogP contribution in [0.5, 0.6) is 11.5 Å². The summed E-state index contributed by atoms with van der Waals surface area (Å²) in [6.07, 6.45) is 0.713. The summed E-state index contributed by atoms with van der Waals surface area (Å²) in [5, 5.41) is 0.333. The van der Waals surface area contributed by atoms with Crippen molar-refractivity contribution in [2.45, 2.75) is 6.61 Å². The Morgan fingerprint density at radius 2 is 2.00 bits per heavy atom. The molecule has 2 rings (SSSR count). The lowest BCUT2D eigenvalue weighted by atomic mass is 10.2. The number of ether oxygens (including phenoxy) is 2. The average Bonchev–Trinajstić information content (AvgIpc) is 2.46. The van der Waals surface area contributed by atoms with Crippen LogP contribution in [0.4, 0.5) is 4.39 Å². The molecule has 0 saturated carbocycles. The highest BCUT2D eigenvalue weighted by molar-refractivity contribution is 6.30. The third-order valence-corrected chi connectivity index (χ3v) is 2.96. The molecule has 0 fully saturated rings. The Balaban J connectivity index is 2.16. The van der Waals surface area contributed by atoms with Crippen LogP contribution in [-0.4, -0.2) is 13.4 Å². The number of halogens is 2. The Morgan fingerprint density at radius 1 is 1.20 bits per heavy atom. The lowest BCUT2D eigenvalue weighted by Gasteiger charge is -2.11. The molecule has 5 heteroatoms. The van der Waals surface area contributed by atoms with Gasteiger partial charge in [0.15, 0.2) is 11.5 Å². The zero-order chi connectivity index (χ0) is 14.5. The van der Waals surface area contributed by atoms with E-state index in [1.807, 2.05) is 0 Å². The molecular weight excluding hydrogens is 283 g/mol. The molecule has 0 aliphatic carbocycles. The van der Waals surface area contributed by atoms with Gasteiger partial charge in [-0.05, 0) is 30.3 Å². The second-order valence-corrected chi connectivity index (χ2v) is 4.49. The lowest BCUT2D eigenvalue weighted by molar-refractivity contribution is 0.112. The fourth-order valence-electron chi connectivity index (χ4n) is 1.67. The topological polar surface area (TPSA) is 35.5 Å². The fraction of sp³-hybridized carbons (Fsp3) is 0.133. The minimum atomic E-state index is -0.430. The van der Waals surface area contributed by atoms with Crippen LogP contribution in [0.15, 0.2) is 36.4 Å². The Labute approximate surface area is 120 Å². The first kappa shape index (κ1) is 14.3. The summed E-state index contributed by atoms with van der Waals surface area (Å²) in [5.41, 5.74) is 0.864. The van der Waals surface area contributed by atoms with Crippen molar-refractivity contribution in [3.8, 4) is 11.5 Å². The fourth-order valence-corrected chi connectivity index (χ4v) is 1.83.